The third kappa shape index (κ3) is 4.34. The largest absolute Gasteiger partial charge is 0.450 e. The number of amides is 1. The van der Waals surface area contributed by atoms with Crippen LogP contribution in [0.5, 0.6) is 0 Å². The van der Waals surface area contributed by atoms with Crippen molar-refractivity contribution in [1.29, 1.82) is 0 Å². The zero-order valence-corrected chi connectivity index (χ0v) is 16.5. The van der Waals surface area contributed by atoms with Gasteiger partial charge in [-0.05, 0) is 49.6 Å². The highest BCUT2D eigenvalue weighted by molar-refractivity contribution is 5.78. The molecular formula is C22H25FN4O2. The maximum Gasteiger partial charge on any atom is 0.409 e. The molecule has 0 bridgehead atoms. The van der Waals surface area contributed by atoms with E-state index in [-0.39, 0.29) is 18.0 Å². The van der Waals surface area contributed by atoms with Gasteiger partial charge in [0.2, 0.25) is 5.95 Å². The van der Waals surface area contributed by atoms with Crippen LogP contribution in [0.2, 0.25) is 0 Å². The summed E-state index contributed by atoms with van der Waals surface area (Å²) in [6.07, 6.45) is 1.42. The molecular weight excluding hydrogens is 371 g/mol. The van der Waals surface area contributed by atoms with Crippen molar-refractivity contribution in [1.82, 2.24) is 14.5 Å². The molecule has 0 saturated carbocycles. The summed E-state index contributed by atoms with van der Waals surface area (Å²) in [7, 11) is 0. The average molecular weight is 396 g/mol. The molecule has 3 aromatic rings. The lowest BCUT2D eigenvalue weighted by atomic mass is 10.1. The standard InChI is InChI=1S/C22H25FN4O2/c1-2-29-22(28)26-13-11-18(12-14-26)24-21-25-19-5-3-4-6-20(19)27(21)15-16-7-9-17(23)10-8-16/h3-10,18H,2,11-15H2,1H3,(H,24,25). The number of benzene rings is 2. The number of carbonyl (C=O) groups is 1. The molecule has 1 fully saturated rings. The van der Waals surface area contributed by atoms with E-state index in [0.29, 0.717) is 26.2 Å². The van der Waals surface area contributed by atoms with Crippen LogP contribution in [0.15, 0.2) is 48.5 Å². The fraction of sp³-hybridized carbons (Fsp3) is 0.364. The van der Waals surface area contributed by atoms with E-state index in [9.17, 15) is 9.18 Å². The molecule has 1 aliphatic rings. The molecule has 1 N–H and O–H groups in total. The first-order valence-electron chi connectivity index (χ1n) is 10.0. The van der Waals surface area contributed by atoms with Gasteiger partial charge in [0.1, 0.15) is 5.82 Å². The zero-order chi connectivity index (χ0) is 20.2. The van der Waals surface area contributed by atoms with Gasteiger partial charge < -0.3 is 19.5 Å². The highest BCUT2D eigenvalue weighted by Crippen LogP contribution is 2.24. The van der Waals surface area contributed by atoms with Gasteiger partial charge in [-0.1, -0.05) is 24.3 Å². The van der Waals surface area contributed by atoms with Gasteiger partial charge in [0, 0.05) is 19.1 Å². The Bertz CT molecular complexity index is 978. The lowest BCUT2D eigenvalue weighted by Gasteiger charge is -2.32. The third-order valence-electron chi connectivity index (χ3n) is 5.26. The van der Waals surface area contributed by atoms with Crippen LogP contribution in [0.25, 0.3) is 11.0 Å². The number of anilines is 1. The molecule has 152 valence electrons. The first-order valence-corrected chi connectivity index (χ1v) is 10.0. The minimum atomic E-state index is -0.241. The Labute approximate surface area is 169 Å². The lowest BCUT2D eigenvalue weighted by molar-refractivity contribution is 0.0983. The van der Waals surface area contributed by atoms with Crippen LogP contribution in [-0.2, 0) is 11.3 Å². The first kappa shape index (κ1) is 19.2. The van der Waals surface area contributed by atoms with Crippen LogP contribution >= 0.6 is 0 Å². The van der Waals surface area contributed by atoms with E-state index in [0.717, 1.165) is 35.4 Å². The number of carbonyl (C=O) groups excluding carboxylic acids is 1. The quantitative estimate of drug-likeness (QED) is 0.700. The highest BCUT2D eigenvalue weighted by atomic mass is 19.1. The number of aromatic nitrogens is 2. The monoisotopic (exact) mass is 396 g/mol. The Kier molecular flexibility index (Phi) is 5.64. The number of ether oxygens (including phenoxy) is 1. The Morgan fingerprint density at radius 1 is 1.17 bits per heavy atom. The molecule has 2 aromatic carbocycles. The molecule has 1 aromatic heterocycles. The van der Waals surface area contributed by atoms with Gasteiger partial charge in [-0.15, -0.1) is 0 Å². The number of nitrogens with zero attached hydrogens (tertiary/aromatic N) is 3. The molecule has 0 spiro atoms. The fourth-order valence-electron chi connectivity index (χ4n) is 3.72. The average Bonchev–Trinajstić information content (AvgIpc) is 3.07. The van der Waals surface area contributed by atoms with Gasteiger partial charge in [-0.25, -0.2) is 14.2 Å². The second kappa shape index (κ2) is 8.51. The van der Waals surface area contributed by atoms with Crippen molar-refractivity contribution in [3.63, 3.8) is 0 Å². The Balaban J connectivity index is 1.51. The van der Waals surface area contributed by atoms with E-state index in [1.54, 1.807) is 17.0 Å². The molecule has 0 radical (unpaired) electrons. The normalized spacial score (nSPS) is 14.9. The van der Waals surface area contributed by atoms with Crippen LogP contribution in [0.4, 0.5) is 15.1 Å². The van der Waals surface area contributed by atoms with Crippen molar-refractivity contribution < 1.29 is 13.9 Å². The molecule has 1 aliphatic heterocycles. The van der Waals surface area contributed by atoms with E-state index >= 15 is 0 Å². The zero-order valence-electron chi connectivity index (χ0n) is 16.5. The Morgan fingerprint density at radius 2 is 1.90 bits per heavy atom. The lowest BCUT2D eigenvalue weighted by Crippen LogP contribution is -2.42. The van der Waals surface area contributed by atoms with Gasteiger partial charge in [-0.3, -0.25) is 0 Å². The maximum absolute atomic E-state index is 13.3. The predicted molar refractivity (Wildman–Crippen MR) is 110 cm³/mol. The number of likely N-dealkylation sites (tertiary alicyclic amines) is 1. The summed E-state index contributed by atoms with van der Waals surface area (Å²) >= 11 is 0. The van der Waals surface area contributed by atoms with Crippen LogP contribution in [0, 0.1) is 5.82 Å². The van der Waals surface area contributed by atoms with E-state index in [2.05, 4.69) is 9.88 Å². The molecule has 0 aliphatic carbocycles. The second-order valence-corrected chi connectivity index (χ2v) is 7.24. The van der Waals surface area contributed by atoms with Crippen molar-refractivity contribution >= 4 is 23.1 Å². The number of piperidine rings is 1. The van der Waals surface area contributed by atoms with Crippen LogP contribution in [0.3, 0.4) is 0 Å². The van der Waals surface area contributed by atoms with Crippen molar-refractivity contribution in [3.05, 3.63) is 59.9 Å². The van der Waals surface area contributed by atoms with Crippen molar-refractivity contribution in [2.24, 2.45) is 0 Å². The number of nitrogens with one attached hydrogen (secondary N) is 1. The van der Waals surface area contributed by atoms with E-state index in [1.807, 2.05) is 31.2 Å². The number of hydrogen-bond acceptors (Lipinski definition) is 4. The summed E-state index contributed by atoms with van der Waals surface area (Å²) in [5, 5.41) is 3.56. The number of para-hydroxylation sites is 2. The van der Waals surface area contributed by atoms with Crippen molar-refractivity contribution in [2.75, 3.05) is 25.0 Å². The summed E-state index contributed by atoms with van der Waals surface area (Å²) in [4.78, 5) is 18.4. The Morgan fingerprint density at radius 3 is 2.62 bits per heavy atom. The molecule has 6 nitrogen and oxygen atoms in total. The number of imidazole rings is 1. The second-order valence-electron chi connectivity index (χ2n) is 7.24. The number of halogens is 1. The van der Waals surface area contributed by atoms with Crippen molar-refractivity contribution in [3.8, 4) is 0 Å². The maximum atomic E-state index is 13.3. The summed E-state index contributed by atoms with van der Waals surface area (Å²) in [5.74, 6) is 0.557. The minimum Gasteiger partial charge on any atom is -0.450 e. The molecule has 7 heteroatoms. The van der Waals surface area contributed by atoms with Crippen molar-refractivity contribution in [2.45, 2.75) is 32.4 Å². The molecule has 0 atom stereocenters. The van der Waals surface area contributed by atoms with E-state index in [1.165, 1.54) is 12.1 Å². The molecule has 0 unspecified atom stereocenters. The van der Waals surface area contributed by atoms with Crippen LogP contribution in [-0.4, -0.2) is 46.3 Å². The number of rotatable bonds is 5. The summed E-state index contributed by atoms with van der Waals surface area (Å²) in [6.45, 7) is 4.14. The van der Waals surface area contributed by atoms with Gasteiger partial charge in [0.25, 0.3) is 0 Å². The van der Waals surface area contributed by atoms with E-state index < -0.39 is 0 Å². The number of fused-ring (bicyclic) bond motifs is 1. The molecule has 4 rings (SSSR count). The Hall–Kier alpha value is -3.09. The minimum absolute atomic E-state index is 0.226. The highest BCUT2D eigenvalue weighted by Gasteiger charge is 2.24. The smallest absolute Gasteiger partial charge is 0.409 e. The van der Waals surface area contributed by atoms with Crippen LogP contribution in [0.1, 0.15) is 25.3 Å². The molecule has 1 saturated heterocycles. The third-order valence-corrected chi connectivity index (χ3v) is 5.26. The predicted octanol–water partition coefficient (Wildman–Crippen LogP) is 4.26. The SMILES string of the molecule is CCOC(=O)N1CCC(Nc2nc3ccccc3n2Cc2ccc(F)cc2)CC1. The van der Waals surface area contributed by atoms with E-state index in [4.69, 9.17) is 9.72 Å². The molecule has 2 heterocycles. The summed E-state index contributed by atoms with van der Waals surface area (Å²) in [6, 6.07) is 14.8. The topological polar surface area (TPSA) is 59.4 Å². The molecule has 29 heavy (non-hydrogen) atoms. The number of hydrogen-bond donors (Lipinski definition) is 1. The van der Waals surface area contributed by atoms with Crippen LogP contribution < -0.4 is 5.32 Å². The first-order chi connectivity index (χ1) is 14.1. The van der Waals surface area contributed by atoms with Gasteiger partial charge in [0.15, 0.2) is 0 Å². The summed E-state index contributed by atoms with van der Waals surface area (Å²) < 4.78 is 20.5. The van der Waals surface area contributed by atoms with Gasteiger partial charge in [-0.2, -0.15) is 0 Å². The molecule has 1 amide bonds. The summed E-state index contributed by atoms with van der Waals surface area (Å²) in [5.41, 5.74) is 2.96. The fourth-order valence-corrected chi connectivity index (χ4v) is 3.72. The van der Waals surface area contributed by atoms with Gasteiger partial charge >= 0.3 is 6.09 Å². The van der Waals surface area contributed by atoms with Gasteiger partial charge in [0.05, 0.1) is 24.2 Å².